The van der Waals surface area contributed by atoms with Gasteiger partial charge in [-0.1, -0.05) is 18.2 Å². The predicted molar refractivity (Wildman–Crippen MR) is 112 cm³/mol. The third-order valence-corrected chi connectivity index (χ3v) is 8.11. The lowest BCUT2D eigenvalue weighted by molar-refractivity contribution is -0.133. The van der Waals surface area contributed by atoms with Crippen LogP contribution in [0.4, 0.5) is 0 Å². The summed E-state index contributed by atoms with van der Waals surface area (Å²) in [6.07, 6.45) is 8.12. The molecule has 1 aromatic carbocycles. The van der Waals surface area contributed by atoms with Crippen LogP contribution < -0.4 is 0 Å². The lowest BCUT2D eigenvalue weighted by Gasteiger charge is -2.57. The summed E-state index contributed by atoms with van der Waals surface area (Å²) in [5.74, 6) is 1.43. The number of rotatable bonds is 5. The van der Waals surface area contributed by atoms with Gasteiger partial charge in [0.15, 0.2) is 0 Å². The molecule has 4 aliphatic rings. The number of likely N-dealkylation sites (tertiary alicyclic amines) is 1. The second kappa shape index (κ2) is 7.75. The molecule has 0 aromatic heterocycles. The summed E-state index contributed by atoms with van der Waals surface area (Å²) in [5, 5.41) is 0. The summed E-state index contributed by atoms with van der Waals surface area (Å²) in [6, 6.07) is 9.18. The van der Waals surface area contributed by atoms with Crippen molar-refractivity contribution >= 4 is 12.3 Å². The van der Waals surface area contributed by atoms with E-state index in [1.165, 1.54) is 38.8 Å². The van der Waals surface area contributed by atoms with E-state index in [-0.39, 0.29) is 11.9 Å². The normalized spacial score (nSPS) is 32.7. The number of carbonyl (C=O) groups is 2. The number of fused-ring (bicyclic) bond motifs is 1. The summed E-state index contributed by atoms with van der Waals surface area (Å²) in [7, 11) is 0. The molecule has 5 nitrogen and oxygen atoms in total. The minimum absolute atomic E-state index is 0.167. The van der Waals surface area contributed by atoms with Crippen LogP contribution in [0.15, 0.2) is 24.3 Å². The van der Waals surface area contributed by atoms with Gasteiger partial charge in [-0.3, -0.25) is 14.5 Å². The van der Waals surface area contributed by atoms with E-state index in [2.05, 4.69) is 22.8 Å². The molecule has 5 heteroatoms. The molecular formula is C24H33N3O2. The zero-order valence-electron chi connectivity index (χ0n) is 17.5. The molecule has 5 rings (SSSR count). The van der Waals surface area contributed by atoms with Crippen LogP contribution >= 0.6 is 0 Å². The van der Waals surface area contributed by atoms with Gasteiger partial charge in [0.25, 0.3) is 5.91 Å². The van der Waals surface area contributed by atoms with Crippen molar-refractivity contribution in [1.82, 2.24) is 14.7 Å². The number of nitrogens with zero attached hydrogens (tertiary/aromatic N) is 3. The fraction of sp³-hybridized carbons (Fsp3) is 0.667. The van der Waals surface area contributed by atoms with E-state index in [9.17, 15) is 9.59 Å². The Bertz CT molecular complexity index is 779. The minimum atomic E-state index is 0.167. The van der Waals surface area contributed by atoms with Crippen molar-refractivity contribution < 1.29 is 9.59 Å². The molecule has 0 radical (unpaired) electrons. The van der Waals surface area contributed by atoms with E-state index >= 15 is 0 Å². The van der Waals surface area contributed by atoms with E-state index in [0.29, 0.717) is 23.9 Å². The van der Waals surface area contributed by atoms with Crippen molar-refractivity contribution in [1.29, 1.82) is 0 Å². The fourth-order valence-electron chi connectivity index (χ4n) is 6.73. The highest BCUT2D eigenvalue weighted by atomic mass is 16.2. The third-order valence-electron chi connectivity index (χ3n) is 8.11. The van der Waals surface area contributed by atoms with Crippen molar-refractivity contribution in [3.8, 4) is 0 Å². The van der Waals surface area contributed by atoms with Crippen molar-refractivity contribution in [2.45, 2.75) is 70.1 Å². The molecule has 2 amide bonds. The first-order valence-corrected chi connectivity index (χ1v) is 11.5. The number of piperidine rings is 3. The van der Waals surface area contributed by atoms with Gasteiger partial charge in [0, 0.05) is 36.8 Å². The van der Waals surface area contributed by atoms with Gasteiger partial charge in [0.2, 0.25) is 6.41 Å². The average Bonchev–Trinajstić information content (AvgIpc) is 3.10. The van der Waals surface area contributed by atoms with Gasteiger partial charge in [-0.15, -0.1) is 0 Å². The van der Waals surface area contributed by atoms with Gasteiger partial charge in [0.1, 0.15) is 0 Å². The maximum Gasteiger partial charge on any atom is 0.254 e. The summed E-state index contributed by atoms with van der Waals surface area (Å²) in [4.78, 5) is 31.6. The first kappa shape index (κ1) is 19.1. The topological polar surface area (TPSA) is 43.9 Å². The molecule has 0 aliphatic carbocycles. The van der Waals surface area contributed by atoms with Gasteiger partial charge in [-0.05, 0) is 82.0 Å². The van der Waals surface area contributed by atoms with Gasteiger partial charge in [-0.2, -0.15) is 0 Å². The molecule has 4 aliphatic heterocycles. The van der Waals surface area contributed by atoms with Crippen LogP contribution in [-0.2, 0) is 11.3 Å². The summed E-state index contributed by atoms with van der Waals surface area (Å²) < 4.78 is 0. The van der Waals surface area contributed by atoms with E-state index in [0.717, 1.165) is 43.5 Å². The van der Waals surface area contributed by atoms with E-state index in [1.54, 1.807) is 0 Å². The van der Waals surface area contributed by atoms with Gasteiger partial charge >= 0.3 is 0 Å². The Morgan fingerprint density at radius 1 is 1.17 bits per heavy atom. The smallest absolute Gasteiger partial charge is 0.254 e. The second-order valence-electron chi connectivity index (χ2n) is 9.62. The van der Waals surface area contributed by atoms with Crippen molar-refractivity contribution in [3.63, 3.8) is 0 Å². The molecule has 4 heterocycles. The Balaban J connectivity index is 1.28. The van der Waals surface area contributed by atoms with Gasteiger partial charge in [0.05, 0.1) is 0 Å². The first-order chi connectivity index (χ1) is 14.2. The Labute approximate surface area is 174 Å². The highest BCUT2D eigenvalue weighted by Gasteiger charge is 2.48. The minimum Gasteiger partial charge on any atom is -0.342 e. The van der Waals surface area contributed by atoms with Crippen LogP contribution in [0.25, 0.3) is 0 Å². The summed E-state index contributed by atoms with van der Waals surface area (Å²) >= 11 is 0. The Kier molecular flexibility index (Phi) is 5.10. The molecule has 3 fully saturated rings. The molecule has 0 bridgehead atoms. The Hall–Kier alpha value is -1.88. The largest absolute Gasteiger partial charge is 0.342 e. The molecule has 0 N–H and O–H groups in total. The maximum absolute atomic E-state index is 12.8. The Morgan fingerprint density at radius 2 is 1.97 bits per heavy atom. The molecule has 156 valence electrons. The SMILES string of the molecule is CC(CCC1[C@H]2CCCN3CCCC(CN1C=O)C23)N1Cc2ccccc2C1=O. The first-order valence-electron chi connectivity index (χ1n) is 11.5. The zero-order valence-corrected chi connectivity index (χ0v) is 17.5. The predicted octanol–water partition coefficient (Wildman–Crippen LogP) is 3.14. The van der Waals surface area contributed by atoms with Crippen molar-refractivity contribution in [2.75, 3.05) is 19.6 Å². The molecular weight excluding hydrogens is 362 g/mol. The van der Waals surface area contributed by atoms with Crippen LogP contribution in [0, 0.1) is 11.8 Å². The zero-order chi connectivity index (χ0) is 20.0. The fourth-order valence-corrected chi connectivity index (χ4v) is 6.73. The Morgan fingerprint density at radius 3 is 2.76 bits per heavy atom. The van der Waals surface area contributed by atoms with Crippen LogP contribution in [0.3, 0.4) is 0 Å². The second-order valence-corrected chi connectivity index (χ2v) is 9.62. The molecule has 1 aromatic rings. The lowest BCUT2D eigenvalue weighted by Crippen LogP contribution is -2.64. The van der Waals surface area contributed by atoms with Gasteiger partial charge < -0.3 is 9.80 Å². The number of carbonyl (C=O) groups excluding carboxylic acids is 2. The summed E-state index contributed by atoms with van der Waals surface area (Å²) in [6.45, 7) is 6.30. The van der Waals surface area contributed by atoms with E-state index in [1.807, 2.05) is 23.1 Å². The molecule has 0 spiro atoms. The van der Waals surface area contributed by atoms with Crippen LogP contribution in [0.2, 0.25) is 0 Å². The number of amides is 2. The van der Waals surface area contributed by atoms with Crippen molar-refractivity contribution in [3.05, 3.63) is 35.4 Å². The number of benzene rings is 1. The van der Waals surface area contributed by atoms with E-state index in [4.69, 9.17) is 0 Å². The standard InChI is InChI=1S/C24H33N3O2/c1-17(27-15-18-6-2-3-8-20(18)24(27)29)10-11-22-21-9-5-13-25-12-4-7-19(23(21)25)14-26(22)16-28/h2-3,6,8,16-17,19,21-23H,4-5,7,9-15H2,1H3/t17?,19?,21-,22?,23?/m1/s1. The molecule has 4 unspecified atom stereocenters. The number of hydrogen-bond donors (Lipinski definition) is 0. The van der Waals surface area contributed by atoms with E-state index < -0.39 is 0 Å². The number of hydrogen-bond acceptors (Lipinski definition) is 3. The third kappa shape index (κ3) is 3.27. The summed E-state index contributed by atoms with van der Waals surface area (Å²) in [5.41, 5.74) is 2.00. The van der Waals surface area contributed by atoms with Crippen LogP contribution in [0.1, 0.15) is 61.4 Å². The van der Waals surface area contributed by atoms with Crippen LogP contribution in [0.5, 0.6) is 0 Å². The van der Waals surface area contributed by atoms with Crippen LogP contribution in [-0.4, -0.2) is 64.8 Å². The average molecular weight is 396 g/mol. The molecule has 0 saturated carbocycles. The highest BCUT2D eigenvalue weighted by Crippen LogP contribution is 2.43. The highest BCUT2D eigenvalue weighted by molar-refractivity contribution is 5.98. The quantitative estimate of drug-likeness (QED) is 0.720. The maximum atomic E-state index is 12.8. The molecule has 3 saturated heterocycles. The van der Waals surface area contributed by atoms with Gasteiger partial charge in [-0.25, -0.2) is 0 Å². The molecule has 29 heavy (non-hydrogen) atoms. The lowest BCUT2D eigenvalue weighted by atomic mass is 9.69. The molecule has 5 atom stereocenters. The van der Waals surface area contributed by atoms with Crippen molar-refractivity contribution in [2.24, 2.45) is 11.8 Å². The monoisotopic (exact) mass is 395 g/mol.